The van der Waals surface area contributed by atoms with Gasteiger partial charge in [0.1, 0.15) is 11.4 Å². The summed E-state index contributed by atoms with van der Waals surface area (Å²) in [6, 6.07) is 21.1. The highest BCUT2D eigenvalue weighted by atomic mass is 16.5. The molecule has 4 aromatic rings. The van der Waals surface area contributed by atoms with E-state index in [4.69, 9.17) is 4.74 Å². The van der Waals surface area contributed by atoms with Crippen LogP contribution in [0.5, 0.6) is 5.75 Å². The zero-order chi connectivity index (χ0) is 23.8. The number of aryl methyl sites for hydroxylation is 1. The summed E-state index contributed by atoms with van der Waals surface area (Å²) in [5.41, 5.74) is 5.61. The highest BCUT2D eigenvalue weighted by molar-refractivity contribution is 6.12. The van der Waals surface area contributed by atoms with E-state index >= 15 is 0 Å². The third-order valence-electron chi connectivity index (χ3n) is 5.94. The maximum absolute atomic E-state index is 13.6. The van der Waals surface area contributed by atoms with Crippen LogP contribution >= 0.6 is 0 Å². The lowest BCUT2D eigenvalue weighted by atomic mass is 9.95. The van der Waals surface area contributed by atoms with Gasteiger partial charge in [0.25, 0.3) is 5.91 Å². The van der Waals surface area contributed by atoms with Crippen molar-refractivity contribution in [3.05, 3.63) is 101 Å². The van der Waals surface area contributed by atoms with Gasteiger partial charge in [0, 0.05) is 16.8 Å². The number of H-pyrrole nitrogens is 1. The van der Waals surface area contributed by atoms with E-state index in [1.165, 1.54) is 0 Å². The van der Waals surface area contributed by atoms with Crippen molar-refractivity contribution in [2.45, 2.75) is 19.9 Å². The molecule has 0 aliphatic carbocycles. The summed E-state index contributed by atoms with van der Waals surface area (Å²) in [5.74, 6) is -0.545. The summed E-state index contributed by atoms with van der Waals surface area (Å²) in [6.45, 7) is 4.05. The lowest BCUT2D eigenvalue weighted by Gasteiger charge is -2.26. The molecule has 0 saturated heterocycles. The number of nitrogens with one attached hydrogen (secondary N) is 1. The van der Waals surface area contributed by atoms with Gasteiger partial charge >= 0.3 is 5.97 Å². The average molecular weight is 453 g/mol. The Bertz CT molecular complexity index is 1370. The van der Waals surface area contributed by atoms with Crippen LogP contribution < -0.4 is 4.90 Å². The van der Waals surface area contributed by atoms with E-state index in [-0.39, 0.29) is 18.3 Å². The second-order valence-electron chi connectivity index (χ2n) is 8.17. The maximum atomic E-state index is 13.6. The molecule has 1 aromatic heterocycles. The van der Waals surface area contributed by atoms with Crippen LogP contribution in [0.3, 0.4) is 0 Å². The van der Waals surface area contributed by atoms with E-state index in [2.05, 4.69) is 10.2 Å². The van der Waals surface area contributed by atoms with Gasteiger partial charge in [-0.05, 0) is 55.8 Å². The van der Waals surface area contributed by atoms with Crippen LogP contribution in [0, 0.1) is 6.92 Å². The van der Waals surface area contributed by atoms with Crippen molar-refractivity contribution < 1.29 is 19.4 Å². The van der Waals surface area contributed by atoms with E-state index in [0.717, 1.165) is 22.3 Å². The molecule has 0 saturated carbocycles. The number of anilines is 1. The second-order valence-corrected chi connectivity index (χ2v) is 8.17. The van der Waals surface area contributed by atoms with E-state index in [0.29, 0.717) is 22.6 Å². The number of hydrogen-bond acceptors (Lipinski definition) is 5. The molecule has 0 spiro atoms. The first-order valence-corrected chi connectivity index (χ1v) is 11.0. The third kappa shape index (κ3) is 3.61. The largest absolute Gasteiger partial charge is 0.508 e. The summed E-state index contributed by atoms with van der Waals surface area (Å²) >= 11 is 0. The number of carbonyl (C=O) groups excluding carboxylic acids is 2. The smallest absolute Gasteiger partial charge is 0.338 e. The van der Waals surface area contributed by atoms with Gasteiger partial charge in [-0.1, -0.05) is 42.0 Å². The van der Waals surface area contributed by atoms with Gasteiger partial charge in [-0.3, -0.25) is 14.8 Å². The molecule has 170 valence electrons. The van der Waals surface area contributed by atoms with Gasteiger partial charge in [0.2, 0.25) is 0 Å². The Balaban J connectivity index is 1.64. The van der Waals surface area contributed by atoms with E-state index in [9.17, 15) is 14.7 Å². The molecule has 3 aromatic carbocycles. The third-order valence-corrected chi connectivity index (χ3v) is 5.94. The number of aromatic amines is 1. The Kier molecular flexibility index (Phi) is 5.37. The fourth-order valence-corrected chi connectivity index (χ4v) is 4.33. The van der Waals surface area contributed by atoms with Gasteiger partial charge in [-0.25, -0.2) is 4.79 Å². The Labute approximate surface area is 196 Å². The van der Waals surface area contributed by atoms with Gasteiger partial charge in [-0.15, -0.1) is 0 Å². The lowest BCUT2D eigenvalue weighted by Crippen LogP contribution is -2.29. The molecule has 1 atom stereocenters. The van der Waals surface area contributed by atoms with Gasteiger partial charge < -0.3 is 9.84 Å². The molecule has 2 heterocycles. The minimum Gasteiger partial charge on any atom is -0.508 e. The molecule has 0 radical (unpaired) electrons. The molecule has 1 aliphatic rings. The summed E-state index contributed by atoms with van der Waals surface area (Å²) < 4.78 is 5.07. The highest BCUT2D eigenvalue weighted by Crippen LogP contribution is 2.45. The normalized spacial score (nSPS) is 14.8. The van der Waals surface area contributed by atoms with Crippen LogP contribution in [0.25, 0.3) is 11.3 Å². The Hall–Kier alpha value is -4.39. The van der Waals surface area contributed by atoms with Gasteiger partial charge in [0.05, 0.1) is 23.9 Å². The topological polar surface area (TPSA) is 95.5 Å². The number of ether oxygens (including phenoxy) is 1. The van der Waals surface area contributed by atoms with Crippen molar-refractivity contribution in [2.75, 3.05) is 11.5 Å². The standard InChI is InChI=1S/C27H23N3O4/c1-3-34-27(33)18-11-13-20(14-12-18)30-25(19-5-4-6-21(31)15-19)22-23(28-29-24(22)26(30)32)17-9-7-16(2)8-10-17/h4-15,25,31H,3H2,1-2H3,(H,28,29). The molecule has 5 rings (SSSR count). The van der Waals surface area contributed by atoms with Gasteiger partial charge in [-0.2, -0.15) is 5.10 Å². The molecular weight excluding hydrogens is 430 g/mol. The van der Waals surface area contributed by atoms with Crippen LogP contribution in [0.1, 0.15) is 50.5 Å². The number of esters is 1. The SMILES string of the molecule is CCOC(=O)c1ccc(N2C(=O)c3[nH]nc(-c4ccc(C)cc4)c3C2c2cccc(O)c2)cc1. The minimum absolute atomic E-state index is 0.108. The number of phenols is 1. The summed E-state index contributed by atoms with van der Waals surface area (Å²) in [7, 11) is 0. The molecule has 1 aliphatic heterocycles. The second kappa shape index (κ2) is 8.51. The van der Waals surface area contributed by atoms with Crippen molar-refractivity contribution in [1.82, 2.24) is 10.2 Å². The zero-order valence-electron chi connectivity index (χ0n) is 18.8. The fraction of sp³-hybridized carbons (Fsp3) is 0.148. The molecule has 34 heavy (non-hydrogen) atoms. The Morgan fingerprint density at radius 1 is 1.09 bits per heavy atom. The number of rotatable bonds is 5. The van der Waals surface area contributed by atoms with Gasteiger partial charge in [0.15, 0.2) is 0 Å². The Morgan fingerprint density at radius 3 is 2.50 bits per heavy atom. The van der Waals surface area contributed by atoms with E-state index < -0.39 is 12.0 Å². The number of benzene rings is 3. The van der Waals surface area contributed by atoms with Crippen molar-refractivity contribution >= 4 is 17.6 Å². The van der Waals surface area contributed by atoms with Crippen LogP contribution in [0.15, 0.2) is 72.8 Å². The number of nitrogens with zero attached hydrogens (tertiary/aromatic N) is 2. The number of aromatic hydroxyl groups is 1. The Morgan fingerprint density at radius 2 is 1.82 bits per heavy atom. The fourth-order valence-electron chi connectivity index (χ4n) is 4.33. The first kappa shape index (κ1) is 21.5. The monoisotopic (exact) mass is 453 g/mol. The highest BCUT2D eigenvalue weighted by Gasteiger charge is 2.43. The van der Waals surface area contributed by atoms with E-state index in [1.54, 1.807) is 54.3 Å². The summed E-state index contributed by atoms with van der Waals surface area (Å²) in [4.78, 5) is 27.3. The molecular formula is C27H23N3O4. The van der Waals surface area contributed by atoms with Crippen LogP contribution in [0.2, 0.25) is 0 Å². The molecule has 7 heteroatoms. The number of carbonyl (C=O) groups is 2. The molecule has 0 bridgehead atoms. The first-order chi connectivity index (χ1) is 16.5. The van der Waals surface area contributed by atoms with Crippen LogP contribution in [-0.2, 0) is 4.74 Å². The van der Waals surface area contributed by atoms with Crippen molar-refractivity contribution in [1.29, 1.82) is 0 Å². The molecule has 1 amide bonds. The molecule has 7 nitrogen and oxygen atoms in total. The number of hydrogen-bond donors (Lipinski definition) is 2. The average Bonchev–Trinajstić information content (AvgIpc) is 3.39. The summed E-state index contributed by atoms with van der Waals surface area (Å²) in [5, 5.41) is 17.6. The van der Waals surface area contributed by atoms with E-state index in [1.807, 2.05) is 37.3 Å². The zero-order valence-corrected chi connectivity index (χ0v) is 18.8. The summed E-state index contributed by atoms with van der Waals surface area (Å²) in [6.07, 6.45) is 0. The predicted molar refractivity (Wildman–Crippen MR) is 128 cm³/mol. The number of aromatic nitrogens is 2. The minimum atomic E-state index is -0.516. The first-order valence-electron chi connectivity index (χ1n) is 11.0. The number of fused-ring (bicyclic) bond motifs is 1. The maximum Gasteiger partial charge on any atom is 0.338 e. The number of amides is 1. The van der Waals surface area contributed by atoms with Crippen molar-refractivity contribution in [3.8, 4) is 17.0 Å². The predicted octanol–water partition coefficient (Wildman–Crippen LogP) is 5.02. The van der Waals surface area contributed by atoms with Crippen molar-refractivity contribution in [2.24, 2.45) is 0 Å². The molecule has 2 N–H and O–H groups in total. The number of phenolic OH excluding ortho intramolecular Hbond substituents is 1. The quantitative estimate of drug-likeness (QED) is 0.414. The van der Waals surface area contributed by atoms with Crippen LogP contribution in [-0.4, -0.2) is 33.8 Å². The molecule has 0 fully saturated rings. The van der Waals surface area contributed by atoms with Crippen LogP contribution in [0.4, 0.5) is 5.69 Å². The lowest BCUT2D eigenvalue weighted by molar-refractivity contribution is 0.0526. The molecule has 1 unspecified atom stereocenters. The van der Waals surface area contributed by atoms with Crippen molar-refractivity contribution in [3.63, 3.8) is 0 Å².